The number of hydrogen-bond donors (Lipinski definition) is 1. The molecule has 1 aliphatic rings. The fraction of sp³-hybridized carbons (Fsp3) is 0.600. The molecule has 0 aliphatic carbocycles. The monoisotopic (exact) mass is 143 g/mol. The van der Waals surface area contributed by atoms with E-state index in [1.54, 1.807) is 0 Å². The molecular formula is C5H9N3O2. The SMILES string of the molecule is NCC(=O)ON1C=NCC1. The lowest BCUT2D eigenvalue weighted by molar-refractivity contribution is -0.168. The van der Waals surface area contributed by atoms with Gasteiger partial charge in [-0.1, -0.05) is 0 Å². The Morgan fingerprint density at radius 3 is 3.20 bits per heavy atom. The Morgan fingerprint density at radius 2 is 2.70 bits per heavy atom. The van der Waals surface area contributed by atoms with Crippen LogP contribution in [0.25, 0.3) is 0 Å². The van der Waals surface area contributed by atoms with E-state index >= 15 is 0 Å². The van der Waals surface area contributed by atoms with Gasteiger partial charge in [0.25, 0.3) is 0 Å². The maximum atomic E-state index is 10.5. The van der Waals surface area contributed by atoms with Gasteiger partial charge in [-0.15, -0.1) is 0 Å². The van der Waals surface area contributed by atoms with Gasteiger partial charge in [0.05, 0.1) is 19.6 Å². The van der Waals surface area contributed by atoms with Gasteiger partial charge in [-0.25, -0.2) is 4.79 Å². The Kier molecular flexibility index (Phi) is 2.22. The molecule has 10 heavy (non-hydrogen) atoms. The van der Waals surface area contributed by atoms with Gasteiger partial charge in [0.15, 0.2) is 0 Å². The van der Waals surface area contributed by atoms with Gasteiger partial charge in [0.2, 0.25) is 0 Å². The van der Waals surface area contributed by atoms with E-state index in [4.69, 9.17) is 5.73 Å². The molecule has 0 aromatic rings. The molecule has 0 radical (unpaired) electrons. The summed E-state index contributed by atoms with van der Waals surface area (Å²) in [6, 6.07) is 0. The minimum Gasteiger partial charge on any atom is -0.338 e. The summed E-state index contributed by atoms with van der Waals surface area (Å²) < 4.78 is 0. The molecule has 5 nitrogen and oxygen atoms in total. The molecule has 0 spiro atoms. The van der Waals surface area contributed by atoms with Crippen LogP contribution in [-0.4, -0.2) is 37.0 Å². The third kappa shape index (κ3) is 1.70. The molecule has 0 saturated carbocycles. The van der Waals surface area contributed by atoms with Gasteiger partial charge in [0, 0.05) is 0 Å². The van der Waals surface area contributed by atoms with Crippen LogP contribution in [0.4, 0.5) is 0 Å². The lowest BCUT2D eigenvalue weighted by atomic mass is 10.7. The van der Waals surface area contributed by atoms with Crippen LogP contribution in [0.1, 0.15) is 0 Å². The Morgan fingerprint density at radius 1 is 1.90 bits per heavy atom. The first kappa shape index (κ1) is 7.01. The van der Waals surface area contributed by atoms with Crippen LogP contribution >= 0.6 is 0 Å². The van der Waals surface area contributed by atoms with Crippen LogP contribution in [-0.2, 0) is 9.63 Å². The number of nitrogens with zero attached hydrogens (tertiary/aromatic N) is 2. The second kappa shape index (κ2) is 3.17. The summed E-state index contributed by atoms with van der Waals surface area (Å²) in [5.74, 6) is -0.437. The average molecular weight is 143 g/mol. The Hall–Kier alpha value is -1.10. The fourth-order valence-electron chi connectivity index (χ4n) is 0.600. The van der Waals surface area contributed by atoms with Crippen molar-refractivity contribution in [2.75, 3.05) is 19.6 Å². The summed E-state index contributed by atoms with van der Waals surface area (Å²) in [6.45, 7) is 1.22. The quantitative estimate of drug-likeness (QED) is 0.524. The minimum absolute atomic E-state index is 0.0929. The molecule has 0 bridgehead atoms. The number of nitrogens with two attached hydrogens (primary N) is 1. The highest BCUT2D eigenvalue weighted by molar-refractivity contribution is 5.72. The Labute approximate surface area is 58.4 Å². The Balaban J connectivity index is 2.24. The summed E-state index contributed by atoms with van der Waals surface area (Å²) in [7, 11) is 0. The molecular weight excluding hydrogens is 134 g/mol. The molecule has 2 N–H and O–H groups in total. The molecule has 1 aliphatic heterocycles. The second-order valence-corrected chi connectivity index (χ2v) is 1.83. The zero-order valence-electron chi connectivity index (χ0n) is 5.49. The highest BCUT2D eigenvalue weighted by Gasteiger charge is 2.09. The van der Waals surface area contributed by atoms with E-state index in [0.29, 0.717) is 13.1 Å². The number of aliphatic imine (C=N–C) groups is 1. The van der Waals surface area contributed by atoms with Crippen LogP contribution in [0.3, 0.4) is 0 Å². The predicted octanol–water partition coefficient (Wildman–Crippen LogP) is -1.25. The topological polar surface area (TPSA) is 67.9 Å². The predicted molar refractivity (Wildman–Crippen MR) is 35.2 cm³/mol. The van der Waals surface area contributed by atoms with Crippen molar-refractivity contribution in [1.82, 2.24) is 5.06 Å². The van der Waals surface area contributed by atoms with Gasteiger partial charge in [0.1, 0.15) is 6.34 Å². The van der Waals surface area contributed by atoms with Crippen molar-refractivity contribution >= 4 is 12.3 Å². The molecule has 0 aromatic carbocycles. The van der Waals surface area contributed by atoms with Crippen molar-refractivity contribution in [2.24, 2.45) is 10.7 Å². The molecule has 0 amide bonds. The van der Waals surface area contributed by atoms with Crippen molar-refractivity contribution < 1.29 is 9.63 Å². The van der Waals surface area contributed by atoms with Crippen LogP contribution in [0.2, 0.25) is 0 Å². The fourth-order valence-corrected chi connectivity index (χ4v) is 0.600. The zero-order valence-corrected chi connectivity index (χ0v) is 5.49. The standard InChI is InChI=1S/C5H9N3O2/c6-3-5(9)10-8-2-1-7-4-8/h4H,1-3,6H2. The minimum atomic E-state index is -0.437. The number of hydroxylamine groups is 2. The Bertz CT molecular complexity index is 157. The van der Waals surface area contributed by atoms with Crippen molar-refractivity contribution in [1.29, 1.82) is 0 Å². The molecule has 0 atom stereocenters. The van der Waals surface area contributed by atoms with Crippen molar-refractivity contribution in [3.8, 4) is 0 Å². The molecule has 56 valence electrons. The van der Waals surface area contributed by atoms with Crippen molar-refractivity contribution in [3.63, 3.8) is 0 Å². The summed E-state index contributed by atoms with van der Waals surface area (Å²) in [5.41, 5.74) is 5.00. The summed E-state index contributed by atoms with van der Waals surface area (Å²) in [4.78, 5) is 19.0. The van der Waals surface area contributed by atoms with E-state index in [2.05, 4.69) is 9.83 Å². The molecule has 5 heteroatoms. The molecule has 0 fully saturated rings. The summed E-state index contributed by atoms with van der Waals surface area (Å²) >= 11 is 0. The number of carbonyl (C=O) groups excluding carboxylic acids is 1. The first-order chi connectivity index (χ1) is 4.83. The van der Waals surface area contributed by atoms with E-state index < -0.39 is 5.97 Å². The summed E-state index contributed by atoms with van der Waals surface area (Å²) in [5, 5.41) is 1.37. The first-order valence-electron chi connectivity index (χ1n) is 3.00. The number of rotatable bonds is 2. The third-order valence-corrected chi connectivity index (χ3v) is 1.05. The maximum Gasteiger partial charge on any atom is 0.345 e. The van der Waals surface area contributed by atoms with Gasteiger partial charge in [-0.05, 0) is 0 Å². The lowest BCUT2D eigenvalue weighted by Crippen LogP contribution is -2.28. The smallest absolute Gasteiger partial charge is 0.338 e. The van der Waals surface area contributed by atoms with E-state index in [0.717, 1.165) is 0 Å². The van der Waals surface area contributed by atoms with Gasteiger partial charge in [-0.2, -0.15) is 5.06 Å². The van der Waals surface area contributed by atoms with Crippen LogP contribution in [0.5, 0.6) is 0 Å². The van der Waals surface area contributed by atoms with E-state index in [1.807, 2.05) is 0 Å². The maximum absolute atomic E-state index is 10.5. The van der Waals surface area contributed by atoms with Crippen LogP contribution < -0.4 is 5.73 Å². The summed E-state index contributed by atoms with van der Waals surface area (Å²) in [6.07, 6.45) is 1.48. The third-order valence-electron chi connectivity index (χ3n) is 1.05. The largest absolute Gasteiger partial charge is 0.345 e. The highest BCUT2D eigenvalue weighted by Crippen LogP contribution is 1.93. The normalized spacial score (nSPS) is 15.9. The molecule has 0 saturated heterocycles. The lowest BCUT2D eigenvalue weighted by Gasteiger charge is -2.11. The van der Waals surface area contributed by atoms with Crippen LogP contribution in [0.15, 0.2) is 4.99 Å². The van der Waals surface area contributed by atoms with Crippen molar-refractivity contribution in [3.05, 3.63) is 0 Å². The van der Waals surface area contributed by atoms with Gasteiger partial charge >= 0.3 is 5.97 Å². The average Bonchev–Trinajstić information content (AvgIpc) is 2.40. The van der Waals surface area contributed by atoms with Gasteiger partial charge in [-0.3, -0.25) is 4.99 Å². The van der Waals surface area contributed by atoms with E-state index in [-0.39, 0.29) is 6.54 Å². The number of carbonyl (C=O) groups is 1. The highest BCUT2D eigenvalue weighted by atomic mass is 16.7. The second-order valence-electron chi connectivity index (χ2n) is 1.83. The molecule has 0 aromatic heterocycles. The molecule has 0 unspecified atom stereocenters. The zero-order chi connectivity index (χ0) is 7.40. The van der Waals surface area contributed by atoms with Crippen molar-refractivity contribution in [2.45, 2.75) is 0 Å². The van der Waals surface area contributed by atoms with E-state index in [1.165, 1.54) is 11.4 Å². The number of hydrogen-bond acceptors (Lipinski definition) is 5. The van der Waals surface area contributed by atoms with E-state index in [9.17, 15) is 4.79 Å². The van der Waals surface area contributed by atoms with Gasteiger partial charge < -0.3 is 10.6 Å². The molecule has 1 rings (SSSR count). The first-order valence-corrected chi connectivity index (χ1v) is 3.00. The molecule has 1 heterocycles. The van der Waals surface area contributed by atoms with Crippen LogP contribution in [0, 0.1) is 0 Å².